The zero-order valence-electron chi connectivity index (χ0n) is 10.8. The minimum atomic E-state index is -4.74. The van der Waals surface area contributed by atoms with Crippen LogP contribution < -0.4 is 10.1 Å². The van der Waals surface area contributed by atoms with Gasteiger partial charge in [0, 0.05) is 12.1 Å². The molecule has 0 saturated heterocycles. The van der Waals surface area contributed by atoms with E-state index in [2.05, 4.69) is 10.1 Å². The smallest absolute Gasteiger partial charge is 0.405 e. The second-order valence-electron chi connectivity index (χ2n) is 4.17. The van der Waals surface area contributed by atoms with Crippen molar-refractivity contribution in [1.29, 1.82) is 5.26 Å². The zero-order valence-corrected chi connectivity index (χ0v) is 10.8. The fraction of sp³-hybridized carbons (Fsp3) is 0.133. The topological polar surface area (TPSA) is 45.0 Å². The summed E-state index contributed by atoms with van der Waals surface area (Å²) >= 11 is 0. The molecular weight excluding hydrogens is 281 g/mol. The third-order valence-electron chi connectivity index (χ3n) is 2.72. The molecule has 6 heteroatoms. The van der Waals surface area contributed by atoms with Crippen LogP contribution in [-0.4, -0.2) is 6.36 Å². The van der Waals surface area contributed by atoms with Gasteiger partial charge in [-0.2, -0.15) is 5.26 Å². The van der Waals surface area contributed by atoms with E-state index in [0.29, 0.717) is 16.8 Å². The molecule has 21 heavy (non-hydrogen) atoms. The number of ether oxygens (including phenoxy) is 1. The van der Waals surface area contributed by atoms with E-state index in [0.717, 1.165) is 0 Å². The number of benzene rings is 2. The first kappa shape index (κ1) is 14.7. The Morgan fingerprint density at radius 2 is 1.71 bits per heavy atom. The summed E-state index contributed by atoms with van der Waals surface area (Å²) in [4.78, 5) is 0. The summed E-state index contributed by atoms with van der Waals surface area (Å²) in [5, 5.41) is 11.9. The fourth-order valence-electron chi connectivity index (χ4n) is 1.80. The Morgan fingerprint density at radius 1 is 1.05 bits per heavy atom. The molecule has 0 radical (unpaired) electrons. The van der Waals surface area contributed by atoms with Crippen LogP contribution in [0.5, 0.6) is 5.75 Å². The third kappa shape index (κ3) is 4.14. The molecule has 1 N–H and O–H groups in total. The zero-order chi connectivity index (χ0) is 15.3. The van der Waals surface area contributed by atoms with Crippen LogP contribution in [0.15, 0.2) is 48.5 Å². The predicted molar refractivity (Wildman–Crippen MR) is 71.6 cm³/mol. The molecule has 3 nitrogen and oxygen atoms in total. The predicted octanol–water partition coefficient (Wildman–Crippen LogP) is 4.07. The fourth-order valence-corrected chi connectivity index (χ4v) is 1.80. The standard InChI is InChI=1S/C15H11F3N2O/c16-15(17,18)21-14-8-4-2-6-12(14)10-20-13-7-3-1-5-11(13)9-19/h1-8,20H,10H2. The van der Waals surface area contributed by atoms with Crippen molar-refractivity contribution >= 4 is 5.69 Å². The van der Waals surface area contributed by atoms with Gasteiger partial charge in [-0.1, -0.05) is 30.3 Å². The molecular formula is C15H11F3N2O. The molecule has 0 aliphatic carbocycles. The van der Waals surface area contributed by atoms with Gasteiger partial charge in [0.15, 0.2) is 0 Å². The minimum absolute atomic E-state index is 0.116. The number of nitrogens with zero attached hydrogens (tertiary/aromatic N) is 1. The Balaban J connectivity index is 2.15. The average molecular weight is 292 g/mol. The van der Waals surface area contributed by atoms with Crippen LogP contribution in [0.3, 0.4) is 0 Å². The molecule has 0 bridgehead atoms. The van der Waals surface area contributed by atoms with Crippen LogP contribution in [0.2, 0.25) is 0 Å². The van der Waals surface area contributed by atoms with Crippen LogP contribution in [0.4, 0.5) is 18.9 Å². The molecule has 0 aliphatic rings. The Morgan fingerprint density at radius 3 is 2.43 bits per heavy atom. The lowest BCUT2D eigenvalue weighted by Gasteiger charge is -2.14. The van der Waals surface area contributed by atoms with Crippen molar-refractivity contribution < 1.29 is 17.9 Å². The molecule has 2 aromatic rings. The van der Waals surface area contributed by atoms with Gasteiger partial charge in [-0.3, -0.25) is 0 Å². The van der Waals surface area contributed by atoms with Crippen molar-refractivity contribution in [2.24, 2.45) is 0 Å². The van der Waals surface area contributed by atoms with Gasteiger partial charge in [0.2, 0.25) is 0 Å². The average Bonchev–Trinajstić information content (AvgIpc) is 2.45. The number of rotatable bonds is 4. The molecule has 0 atom stereocenters. The third-order valence-corrected chi connectivity index (χ3v) is 2.72. The summed E-state index contributed by atoms with van der Waals surface area (Å²) in [5.74, 6) is -0.257. The number of anilines is 1. The highest BCUT2D eigenvalue weighted by atomic mass is 19.4. The lowest BCUT2D eigenvalue weighted by molar-refractivity contribution is -0.274. The molecule has 0 heterocycles. The first-order valence-corrected chi connectivity index (χ1v) is 6.06. The Kier molecular flexibility index (Phi) is 4.33. The van der Waals surface area contributed by atoms with E-state index in [4.69, 9.17) is 5.26 Å². The Bertz CT molecular complexity index is 662. The molecule has 0 fully saturated rings. The summed E-state index contributed by atoms with van der Waals surface area (Å²) in [7, 11) is 0. The lowest BCUT2D eigenvalue weighted by Crippen LogP contribution is -2.18. The maximum absolute atomic E-state index is 12.3. The van der Waals surface area contributed by atoms with Gasteiger partial charge in [-0.05, 0) is 18.2 Å². The normalized spacial score (nSPS) is 10.8. The summed E-state index contributed by atoms with van der Waals surface area (Å²) in [6.07, 6.45) is -4.74. The van der Waals surface area contributed by atoms with Gasteiger partial charge in [0.1, 0.15) is 11.8 Å². The number of hydrogen-bond acceptors (Lipinski definition) is 3. The van der Waals surface area contributed by atoms with Crippen molar-refractivity contribution in [2.75, 3.05) is 5.32 Å². The quantitative estimate of drug-likeness (QED) is 0.924. The van der Waals surface area contributed by atoms with E-state index in [1.54, 1.807) is 30.3 Å². The lowest BCUT2D eigenvalue weighted by atomic mass is 10.1. The van der Waals surface area contributed by atoms with Crippen LogP contribution in [0.1, 0.15) is 11.1 Å². The first-order chi connectivity index (χ1) is 9.99. The van der Waals surface area contributed by atoms with Gasteiger partial charge >= 0.3 is 6.36 Å². The van der Waals surface area contributed by atoms with Crippen LogP contribution in [0.25, 0.3) is 0 Å². The van der Waals surface area contributed by atoms with Gasteiger partial charge in [0.25, 0.3) is 0 Å². The van der Waals surface area contributed by atoms with Gasteiger partial charge < -0.3 is 10.1 Å². The number of para-hydroxylation sites is 2. The largest absolute Gasteiger partial charge is 0.573 e. The molecule has 0 unspecified atom stereocenters. The highest BCUT2D eigenvalue weighted by molar-refractivity contribution is 5.57. The molecule has 108 valence electrons. The molecule has 2 rings (SSSR count). The summed E-state index contributed by atoms with van der Waals surface area (Å²) in [6.45, 7) is 0.116. The van der Waals surface area contributed by atoms with Crippen molar-refractivity contribution in [3.05, 3.63) is 59.7 Å². The number of hydrogen-bond donors (Lipinski definition) is 1. The summed E-state index contributed by atoms with van der Waals surface area (Å²) in [6, 6.07) is 14.6. The maximum Gasteiger partial charge on any atom is 0.573 e. The second kappa shape index (κ2) is 6.18. The van der Waals surface area contributed by atoms with Crippen molar-refractivity contribution in [1.82, 2.24) is 0 Å². The maximum atomic E-state index is 12.3. The van der Waals surface area contributed by atoms with Crippen molar-refractivity contribution in [3.8, 4) is 11.8 Å². The van der Waals surface area contributed by atoms with Crippen LogP contribution in [0, 0.1) is 11.3 Å². The molecule has 2 aromatic carbocycles. The summed E-state index contributed by atoms with van der Waals surface area (Å²) < 4.78 is 40.9. The van der Waals surface area contributed by atoms with E-state index in [9.17, 15) is 13.2 Å². The van der Waals surface area contributed by atoms with Crippen molar-refractivity contribution in [3.63, 3.8) is 0 Å². The van der Waals surface area contributed by atoms with Crippen LogP contribution in [-0.2, 0) is 6.54 Å². The molecule has 0 aromatic heterocycles. The van der Waals surface area contributed by atoms with E-state index >= 15 is 0 Å². The number of nitriles is 1. The second-order valence-corrected chi connectivity index (χ2v) is 4.17. The van der Waals surface area contributed by atoms with E-state index in [1.807, 2.05) is 6.07 Å². The number of halogens is 3. The first-order valence-electron chi connectivity index (χ1n) is 6.06. The number of alkyl halides is 3. The monoisotopic (exact) mass is 292 g/mol. The van der Waals surface area contributed by atoms with E-state index in [1.165, 1.54) is 18.2 Å². The van der Waals surface area contributed by atoms with Gasteiger partial charge in [-0.25, -0.2) is 0 Å². The number of nitrogens with one attached hydrogen (secondary N) is 1. The van der Waals surface area contributed by atoms with E-state index < -0.39 is 6.36 Å². The molecule has 0 spiro atoms. The van der Waals surface area contributed by atoms with Gasteiger partial charge in [-0.15, -0.1) is 13.2 Å². The summed E-state index contributed by atoms with van der Waals surface area (Å²) in [5.41, 5.74) is 1.33. The Labute approximate surface area is 119 Å². The molecule has 0 saturated carbocycles. The molecule has 0 aliphatic heterocycles. The minimum Gasteiger partial charge on any atom is -0.405 e. The SMILES string of the molecule is N#Cc1ccccc1NCc1ccccc1OC(F)(F)F. The van der Waals surface area contributed by atoms with Crippen LogP contribution >= 0.6 is 0 Å². The molecule has 0 amide bonds. The van der Waals surface area contributed by atoms with Gasteiger partial charge in [0.05, 0.1) is 11.3 Å². The highest BCUT2D eigenvalue weighted by Gasteiger charge is 2.31. The van der Waals surface area contributed by atoms with Crippen molar-refractivity contribution in [2.45, 2.75) is 12.9 Å². The highest BCUT2D eigenvalue weighted by Crippen LogP contribution is 2.27. The Hall–Kier alpha value is -2.68. The van der Waals surface area contributed by atoms with E-state index in [-0.39, 0.29) is 12.3 Å².